The van der Waals surface area contributed by atoms with Crippen molar-refractivity contribution in [2.24, 2.45) is 5.92 Å². The Balaban J connectivity index is 1.97. The molecule has 0 bridgehead atoms. The lowest BCUT2D eigenvalue weighted by molar-refractivity contribution is -0.130. The van der Waals surface area contributed by atoms with Crippen LogP contribution in [0.4, 0.5) is 5.69 Å². The van der Waals surface area contributed by atoms with E-state index in [9.17, 15) is 18.0 Å². The number of anilines is 1. The van der Waals surface area contributed by atoms with Gasteiger partial charge >= 0.3 is 0 Å². The lowest BCUT2D eigenvalue weighted by atomic mass is 10.1. The van der Waals surface area contributed by atoms with Crippen molar-refractivity contribution >= 4 is 27.5 Å². The van der Waals surface area contributed by atoms with E-state index >= 15 is 0 Å². The first-order valence-corrected chi connectivity index (χ1v) is 10.5. The van der Waals surface area contributed by atoms with Gasteiger partial charge in [-0.15, -0.1) is 0 Å². The van der Waals surface area contributed by atoms with E-state index in [-0.39, 0.29) is 29.2 Å². The number of nitrogens with one attached hydrogen (secondary N) is 2. The maximum absolute atomic E-state index is 12.5. The Bertz CT molecular complexity index is 764. The van der Waals surface area contributed by atoms with Gasteiger partial charge in [-0.2, -0.15) is 0 Å². The number of ether oxygens (including phenoxy) is 1. The lowest BCUT2D eigenvalue weighted by Gasteiger charge is -2.23. The number of carbonyl (C=O) groups is 2. The highest BCUT2D eigenvalue weighted by molar-refractivity contribution is 7.89. The molecule has 1 aliphatic rings. The highest BCUT2D eigenvalue weighted by atomic mass is 32.2. The average Bonchev–Trinajstić information content (AvgIpc) is 3.03. The van der Waals surface area contributed by atoms with Crippen molar-refractivity contribution in [1.82, 2.24) is 9.62 Å². The van der Waals surface area contributed by atoms with Crippen molar-refractivity contribution in [2.45, 2.75) is 37.6 Å². The van der Waals surface area contributed by atoms with E-state index in [2.05, 4.69) is 10.0 Å². The zero-order chi connectivity index (χ0) is 20.0. The van der Waals surface area contributed by atoms with Crippen LogP contribution in [-0.2, 0) is 24.3 Å². The number of methoxy groups -OCH3 is 1. The van der Waals surface area contributed by atoms with E-state index in [1.54, 1.807) is 24.1 Å². The van der Waals surface area contributed by atoms with E-state index < -0.39 is 15.9 Å². The predicted octanol–water partition coefficient (Wildman–Crippen LogP) is 1.20. The highest BCUT2D eigenvalue weighted by Crippen LogP contribution is 2.22. The van der Waals surface area contributed by atoms with Gasteiger partial charge in [-0.1, -0.05) is 6.92 Å². The Morgan fingerprint density at radius 1 is 1.33 bits per heavy atom. The fourth-order valence-corrected chi connectivity index (χ4v) is 4.08. The number of nitrogens with zero attached hydrogens (tertiary/aromatic N) is 1. The van der Waals surface area contributed by atoms with Crippen molar-refractivity contribution in [3.8, 4) is 0 Å². The van der Waals surface area contributed by atoms with Crippen molar-refractivity contribution in [2.75, 3.05) is 32.1 Å². The number of benzene rings is 1. The molecule has 0 aliphatic carbocycles. The number of amides is 2. The summed E-state index contributed by atoms with van der Waals surface area (Å²) in [7, 11) is -1.97. The molecule has 1 aromatic rings. The number of carbonyl (C=O) groups excluding carboxylic acids is 2. The minimum absolute atomic E-state index is 0.0665. The Morgan fingerprint density at radius 3 is 2.59 bits per heavy atom. The van der Waals surface area contributed by atoms with Gasteiger partial charge < -0.3 is 15.0 Å². The molecule has 150 valence electrons. The summed E-state index contributed by atoms with van der Waals surface area (Å²) in [4.78, 5) is 26.4. The van der Waals surface area contributed by atoms with Crippen LogP contribution in [0.2, 0.25) is 0 Å². The van der Waals surface area contributed by atoms with Crippen LogP contribution in [0.3, 0.4) is 0 Å². The van der Waals surface area contributed by atoms with Crippen LogP contribution < -0.4 is 10.0 Å². The Labute approximate surface area is 160 Å². The van der Waals surface area contributed by atoms with Crippen LogP contribution in [0.1, 0.15) is 26.7 Å². The predicted molar refractivity (Wildman–Crippen MR) is 102 cm³/mol. The van der Waals surface area contributed by atoms with Crippen LogP contribution in [0.25, 0.3) is 0 Å². The maximum atomic E-state index is 12.5. The number of hydrogen-bond acceptors (Lipinski definition) is 5. The molecule has 2 rings (SSSR count). The molecule has 1 aliphatic heterocycles. The van der Waals surface area contributed by atoms with Crippen molar-refractivity contribution < 1.29 is 22.7 Å². The largest absolute Gasteiger partial charge is 0.383 e. The van der Waals surface area contributed by atoms with Crippen LogP contribution in [0, 0.1) is 5.92 Å². The van der Waals surface area contributed by atoms with Crippen LogP contribution in [0.5, 0.6) is 0 Å². The summed E-state index contributed by atoms with van der Waals surface area (Å²) >= 11 is 0. The molecule has 2 atom stereocenters. The number of likely N-dealkylation sites (tertiary alicyclic amines) is 1. The third-order valence-corrected chi connectivity index (χ3v) is 5.92. The molecule has 9 heteroatoms. The van der Waals surface area contributed by atoms with E-state index in [1.807, 2.05) is 13.8 Å². The van der Waals surface area contributed by atoms with Crippen molar-refractivity contribution in [3.05, 3.63) is 24.3 Å². The maximum Gasteiger partial charge on any atom is 0.240 e. The van der Waals surface area contributed by atoms with Gasteiger partial charge in [0.1, 0.15) is 0 Å². The van der Waals surface area contributed by atoms with Crippen molar-refractivity contribution in [3.63, 3.8) is 0 Å². The highest BCUT2D eigenvalue weighted by Gasteiger charge is 2.36. The molecule has 1 heterocycles. The van der Waals surface area contributed by atoms with Gasteiger partial charge in [0.25, 0.3) is 0 Å². The van der Waals surface area contributed by atoms with E-state index in [4.69, 9.17) is 4.74 Å². The molecule has 2 N–H and O–H groups in total. The molecule has 27 heavy (non-hydrogen) atoms. The zero-order valence-electron chi connectivity index (χ0n) is 15.9. The number of rotatable bonds is 9. The summed E-state index contributed by atoms with van der Waals surface area (Å²) in [5.41, 5.74) is 0.491. The van der Waals surface area contributed by atoms with Gasteiger partial charge in [0, 0.05) is 32.3 Å². The third-order valence-electron chi connectivity index (χ3n) is 4.44. The van der Waals surface area contributed by atoms with Crippen LogP contribution in [0.15, 0.2) is 29.2 Å². The SMILES string of the molecule is CCCNS(=O)(=O)c1ccc(NC(=O)[C@@H]2CC(=O)N([C@H](C)COC)C2)cc1. The number of sulfonamides is 1. The zero-order valence-corrected chi connectivity index (χ0v) is 16.7. The molecule has 2 amide bonds. The van der Waals surface area contributed by atoms with Gasteiger partial charge in [0.15, 0.2) is 0 Å². The summed E-state index contributed by atoms with van der Waals surface area (Å²) in [6, 6.07) is 5.89. The molecule has 1 saturated heterocycles. The van der Waals surface area contributed by atoms with E-state index in [0.717, 1.165) is 0 Å². The standard InChI is InChI=1S/C18H27N3O5S/c1-4-9-19-27(24,25)16-7-5-15(6-8-16)20-18(23)14-10-17(22)21(11-14)13(2)12-26-3/h5-8,13-14,19H,4,9-12H2,1-3H3,(H,20,23)/t13-,14-/m1/s1. The molecule has 0 spiro atoms. The van der Waals surface area contributed by atoms with E-state index in [0.29, 0.717) is 31.8 Å². The molecule has 1 fully saturated rings. The minimum atomic E-state index is -3.54. The Kier molecular flexibility index (Phi) is 7.34. The van der Waals surface area contributed by atoms with E-state index in [1.165, 1.54) is 12.1 Å². The second-order valence-corrected chi connectivity index (χ2v) is 8.43. The average molecular weight is 397 g/mol. The topological polar surface area (TPSA) is 105 Å². The van der Waals surface area contributed by atoms with Crippen LogP contribution >= 0.6 is 0 Å². The molecule has 1 aromatic carbocycles. The molecule has 0 saturated carbocycles. The fraction of sp³-hybridized carbons (Fsp3) is 0.556. The Hall–Kier alpha value is -1.97. The summed E-state index contributed by atoms with van der Waals surface area (Å²) < 4.78 is 31.7. The summed E-state index contributed by atoms with van der Waals surface area (Å²) in [6.45, 7) is 4.90. The molecule has 0 radical (unpaired) electrons. The molecule has 0 aromatic heterocycles. The summed E-state index contributed by atoms with van der Waals surface area (Å²) in [6.07, 6.45) is 0.862. The Morgan fingerprint density at radius 2 is 2.00 bits per heavy atom. The van der Waals surface area contributed by atoms with Crippen molar-refractivity contribution in [1.29, 1.82) is 0 Å². The second-order valence-electron chi connectivity index (χ2n) is 6.66. The van der Waals surface area contributed by atoms with Gasteiger partial charge in [-0.25, -0.2) is 13.1 Å². The quantitative estimate of drug-likeness (QED) is 0.651. The number of hydrogen-bond donors (Lipinski definition) is 2. The first-order chi connectivity index (χ1) is 12.8. The second kappa shape index (κ2) is 9.29. The van der Waals surface area contributed by atoms with Gasteiger partial charge in [0.2, 0.25) is 21.8 Å². The monoisotopic (exact) mass is 397 g/mol. The van der Waals surface area contributed by atoms with Gasteiger partial charge in [-0.05, 0) is 37.6 Å². The summed E-state index contributed by atoms with van der Waals surface area (Å²) in [5, 5.41) is 2.75. The lowest BCUT2D eigenvalue weighted by Crippen LogP contribution is -2.38. The van der Waals surface area contributed by atoms with Gasteiger partial charge in [-0.3, -0.25) is 9.59 Å². The minimum Gasteiger partial charge on any atom is -0.383 e. The smallest absolute Gasteiger partial charge is 0.240 e. The fourth-order valence-electron chi connectivity index (χ4n) is 2.95. The normalized spacial score (nSPS) is 18.6. The molecule has 0 unspecified atom stereocenters. The molecular formula is C18H27N3O5S. The third kappa shape index (κ3) is 5.50. The first-order valence-electron chi connectivity index (χ1n) is 8.97. The molecule has 8 nitrogen and oxygen atoms in total. The molecular weight excluding hydrogens is 370 g/mol. The first kappa shape index (κ1) is 21.3. The summed E-state index contributed by atoms with van der Waals surface area (Å²) in [5.74, 6) is -0.759. The van der Waals surface area contributed by atoms with Crippen LogP contribution in [-0.4, -0.2) is 58.0 Å². The van der Waals surface area contributed by atoms with Gasteiger partial charge in [0.05, 0.1) is 23.5 Å².